The van der Waals surface area contributed by atoms with Crippen LogP contribution in [0.4, 0.5) is 5.69 Å². The van der Waals surface area contributed by atoms with Crippen LogP contribution in [0.2, 0.25) is 5.02 Å². The smallest absolute Gasteiger partial charge is 0.0590 e. The van der Waals surface area contributed by atoms with Gasteiger partial charge in [-0.25, -0.2) is 0 Å². The highest BCUT2D eigenvalue weighted by molar-refractivity contribution is 6.31. The lowest BCUT2D eigenvalue weighted by molar-refractivity contribution is 0.0320. The Labute approximate surface area is 107 Å². The van der Waals surface area contributed by atoms with Gasteiger partial charge in [0.25, 0.3) is 0 Å². The number of hydrogen-bond donors (Lipinski definition) is 2. The molecule has 1 aliphatic rings. The Balaban J connectivity index is 2.03. The lowest BCUT2D eigenvalue weighted by Gasteiger charge is -2.34. The molecule has 0 radical (unpaired) electrons. The van der Waals surface area contributed by atoms with E-state index >= 15 is 0 Å². The van der Waals surface area contributed by atoms with E-state index in [4.69, 9.17) is 17.3 Å². The number of benzene rings is 1. The van der Waals surface area contributed by atoms with E-state index in [1.54, 1.807) is 0 Å². The van der Waals surface area contributed by atoms with Crippen molar-refractivity contribution < 1.29 is 5.11 Å². The van der Waals surface area contributed by atoms with E-state index in [1.165, 1.54) is 0 Å². The number of nitrogens with two attached hydrogens (primary N) is 1. The predicted octanol–water partition coefficient (Wildman–Crippen LogP) is 2.12. The number of nitrogen functional groups attached to an aromatic ring is 1. The normalized spacial score (nSPS) is 26.1. The number of halogens is 1. The summed E-state index contributed by atoms with van der Waals surface area (Å²) in [7, 11) is 0. The molecule has 3 N–H and O–H groups in total. The number of rotatable bonds is 2. The minimum atomic E-state index is -0.164. The molecule has 17 heavy (non-hydrogen) atoms. The molecule has 0 amide bonds. The summed E-state index contributed by atoms with van der Waals surface area (Å²) in [4.78, 5) is 2.32. The summed E-state index contributed by atoms with van der Waals surface area (Å²) in [5.41, 5.74) is 7.57. The van der Waals surface area contributed by atoms with Gasteiger partial charge in [0, 0.05) is 30.3 Å². The van der Waals surface area contributed by atoms with Crippen LogP contribution in [0.5, 0.6) is 0 Å². The third-order valence-electron chi connectivity index (χ3n) is 3.41. The second kappa shape index (κ2) is 5.25. The minimum Gasteiger partial charge on any atom is -0.399 e. The van der Waals surface area contributed by atoms with E-state index in [-0.39, 0.29) is 6.10 Å². The molecule has 1 saturated heterocycles. The monoisotopic (exact) mass is 254 g/mol. The maximum Gasteiger partial charge on any atom is 0.0590 e. The molecule has 94 valence electrons. The van der Waals surface area contributed by atoms with Crippen molar-refractivity contribution in [3.05, 3.63) is 28.8 Å². The summed E-state index contributed by atoms with van der Waals surface area (Å²) < 4.78 is 0. The third kappa shape index (κ3) is 3.12. The minimum absolute atomic E-state index is 0.164. The summed E-state index contributed by atoms with van der Waals surface area (Å²) in [6.45, 7) is 4.71. The van der Waals surface area contributed by atoms with Crippen LogP contribution in [0.15, 0.2) is 18.2 Å². The van der Waals surface area contributed by atoms with Crippen LogP contribution in [0, 0.1) is 5.92 Å². The number of aliphatic hydroxyl groups excluding tert-OH is 1. The Hall–Kier alpha value is -0.770. The van der Waals surface area contributed by atoms with Gasteiger partial charge in [-0.05, 0) is 36.1 Å². The highest BCUT2D eigenvalue weighted by Gasteiger charge is 2.24. The number of nitrogens with zero attached hydrogens (tertiary/aromatic N) is 1. The first kappa shape index (κ1) is 12.7. The second-order valence-corrected chi connectivity index (χ2v) is 5.33. The zero-order valence-corrected chi connectivity index (χ0v) is 10.8. The molecule has 0 aliphatic carbocycles. The number of hydrogen-bond acceptors (Lipinski definition) is 3. The van der Waals surface area contributed by atoms with Crippen molar-refractivity contribution in [1.82, 2.24) is 4.90 Å². The van der Waals surface area contributed by atoms with E-state index in [1.807, 2.05) is 18.2 Å². The van der Waals surface area contributed by atoms with Crippen LogP contribution in [-0.4, -0.2) is 29.2 Å². The van der Waals surface area contributed by atoms with Gasteiger partial charge in [0.1, 0.15) is 0 Å². The Morgan fingerprint density at radius 2 is 2.29 bits per heavy atom. The standard InChI is InChI=1S/C13H19ClN2O/c1-9-7-16(5-4-13(9)17)8-10-6-11(15)2-3-12(10)14/h2-3,6,9,13,17H,4-5,7-8,15H2,1H3. The second-order valence-electron chi connectivity index (χ2n) is 4.92. The Morgan fingerprint density at radius 3 is 3.00 bits per heavy atom. The Kier molecular flexibility index (Phi) is 3.92. The Bertz CT molecular complexity index is 397. The van der Waals surface area contributed by atoms with Gasteiger partial charge in [0.2, 0.25) is 0 Å². The van der Waals surface area contributed by atoms with Crippen molar-refractivity contribution in [2.24, 2.45) is 5.92 Å². The van der Waals surface area contributed by atoms with Crippen LogP contribution in [-0.2, 0) is 6.54 Å². The third-order valence-corrected chi connectivity index (χ3v) is 3.78. The molecule has 0 bridgehead atoms. The first-order valence-electron chi connectivity index (χ1n) is 6.00. The first-order chi connectivity index (χ1) is 8.06. The molecule has 2 unspecified atom stereocenters. The van der Waals surface area contributed by atoms with E-state index < -0.39 is 0 Å². The fourth-order valence-corrected chi connectivity index (χ4v) is 2.50. The van der Waals surface area contributed by atoms with Crippen LogP contribution < -0.4 is 5.73 Å². The fraction of sp³-hybridized carbons (Fsp3) is 0.538. The van der Waals surface area contributed by atoms with Crippen molar-refractivity contribution in [3.63, 3.8) is 0 Å². The summed E-state index contributed by atoms with van der Waals surface area (Å²) in [5, 5.41) is 10.4. The van der Waals surface area contributed by atoms with Crippen molar-refractivity contribution in [1.29, 1.82) is 0 Å². The van der Waals surface area contributed by atoms with Gasteiger partial charge in [-0.2, -0.15) is 0 Å². The molecule has 1 aliphatic heterocycles. The van der Waals surface area contributed by atoms with Gasteiger partial charge in [-0.1, -0.05) is 18.5 Å². The number of likely N-dealkylation sites (tertiary alicyclic amines) is 1. The average Bonchev–Trinajstić information content (AvgIpc) is 2.29. The molecule has 2 atom stereocenters. The molecular formula is C13H19ClN2O. The number of piperidine rings is 1. The van der Waals surface area contributed by atoms with E-state index in [2.05, 4.69) is 11.8 Å². The highest BCUT2D eigenvalue weighted by Crippen LogP contribution is 2.23. The maximum absolute atomic E-state index is 9.69. The van der Waals surface area contributed by atoms with E-state index in [0.717, 1.165) is 42.3 Å². The zero-order valence-electron chi connectivity index (χ0n) is 10.1. The largest absolute Gasteiger partial charge is 0.399 e. The summed E-state index contributed by atoms with van der Waals surface area (Å²) in [6.07, 6.45) is 0.670. The van der Waals surface area contributed by atoms with E-state index in [0.29, 0.717) is 5.92 Å². The number of aliphatic hydroxyl groups is 1. The lowest BCUT2D eigenvalue weighted by Crippen LogP contribution is -2.41. The number of anilines is 1. The lowest BCUT2D eigenvalue weighted by atomic mass is 9.96. The molecule has 0 spiro atoms. The quantitative estimate of drug-likeness (QED) is 0.795. The molecule has 1 heterocycles. The predicted molar refractivity (Wildman–Crippen MR) is 70.9 cm³/mol. The topological polar surface area (TPSA) is 49.5 Å². The van der Waals surface area contributed by atoms with Crippen LogP contribution in [0.25, 0.3) is 0 Å². The van der Waals surface area contributed by atoms with Crippen molar-refractivity contribution in [3.8, 4) is 0 Å². The molecule has 1 fully saturated rings. The SMILES string of the molecule is CC1CN(Cc2cc(N)ccc2Cl)CCC1O. The summed E-state index contributed by atoms with van der Waals surface area (Å²) in [5.74, 6) is 0.323. The van der Waals surface area contributed by atoms with Gasteiger partial charge >= 0.3 is 0 Å². The molecule has 2 rings (SSSR count). The first-order valence-corrected chi connectivity index (χ1v) is 6.38. The molecule has 1 aromatic rings. The van der Waals surface area contributed by atoms with E-state index in [9.17, 15) is 5.11 Å². The van der Waals surface area contributed by atoms with Crippen molar-refractivity contribution >= 4 is 17.3 Å². The van der Waals surface area contributed by atoms with Crippen LogP contribution in [0.3, 0.4) is 0 Å². The zero-order chi connectivity index (χ0) is 12.4. The van der Waals surface area contributed by atoms with Crippen LogP contribution >= 0.6 is 11.6 Å². The van der Waals surface area contributed by atoms with Gasteiger partial charge in [-0.15, -0.1) is 0 Å². The summed E-state index contributed by atoms with van der Waals surface area (Å²) >= 11 is 6.15. The maximum atomic E-state index is 9.69. The van der Waals surface area contributed by atoms with Crippen LogP contribution in [0.1, 0.15) is 18.9 Å². The average molecular weight is 255 g/mol. The molecule has 0 aromatic heterocycles. The molecule has 1 aromatic carbocycles. The molecule has 0 saturated carbocycles. The Morgan fingerprint density at radius 1 is 1.53 bits per heavy atom. The van der Waals surface area contributed by atoms with Gasteiger partial charge in [0.15, 0.2) is 0 Å². The highest BCUT2D eigenvalue weighted by atomic mass is 35.5. The van der Waals surface area contributed by atoms with Gasteiger partial charge < -0.3 is 10.8 Å². The molecular weight excluding hydrogens is 236 g/mol. The molecule has 3 nitrogen and oxygen atoms in total. The van der Waals surface area contributed by atoms with Crippen molar-refractivity contribution in [2.75, 3.05) is 18.8 Å². The van der Waals surface area contributed by atoms with Crippen molar-refractivity contribution in [2.45, 2.75) is 26.0 Å². The van der Waals surface area contributed by atoms with Gasteiger partial charge in [0.05, 0.1) is 6.10 Å². The fourth-order valence-electron chi connectivity index (χ4n) is 2.32. The molecule has 4 heteroatoms. The van der Waals surface area contributed by atoms with Gasteiger partial charge in [-0.3, -0.25) is 4.90 Å². The summed E-state index contributed by atoms with van der Waals surface area (Å²) in [6, 6.07) is 5.58.